The van der Waals surface area contributed by atoms with E-state index in [4.69, 9.17) is 10.9 Å². The number of nitrogens with zero attached hydrogens (tertiary/aromatic N) is 3. The number of halogens is 1. The van der Waals surface area contributed by atoms with E-state index < -0.39 is 0 Å². The summed E-state index contributed by atoms with van der Waals surface area (Å²) in [6.45, 7) is 4.01. The molecule has 0 bridgehead atoms. The van der Waals surface area contributed by atoms with E-state index in [-0.39, 0.29) is 5.84 Å². The summed E-state index contributed by atoms with van der Waals surface area (Å²) in [4.78, 5) is 6.14. The first-order valence-electron chi connectivity index (χ1n) is 4.94. The minimum absolute atomic E-state index is 0.213. The summed E-state index contributed by atoms with van der Waals surface area (Å²) in [7, 11) is 0. The fourth-order valence-electron chi connectivity index (χ4n) is 1.34. The van der Waals surface area contributed by atoms with Gasteiger partial charge >= 0.3 is 0 Å². The predicted molar refractivity (Wildman–Crippen MR) is 66.3 cm³/mol. The maximum Gasteiger partial charge on any atom is 0.153 e. The molecule has 1 rings (SSSR count). The highest BCUT2D eigenvalue weighted by molar-refractivity contribution is 9.10. The van der Waals surface area contributed by atoms with Gasteiger partial charge in [-0.3, -0.25) is 9.88 Å². The number of aromatic nitrogens is 1. The average molecular weight is 287 g/mol. The maximum absolute atomic E-state index is 8.51. The van der Waals surface area contributed by atoms with Gasteiger partial charge in [-0.15, -0.1) is 0 Å². The topological polar surface area (TPSA) is 74.7 Å². The number of nitrogens with two attached hydrogens (primary N) is 1. The lowest BCUT2D eigenvalue weighted by molar-refractivity contribution is 0.294. The summed E-state index contributed by atoms with van der Waals surface area (Å²) < 4.78 is 0.949. The molecule has 0 aliphatic heterocycles. The van der Waals surface area contributed by atoms with Crippen LogP contribution in [0.15, 0.2) is 28.1 Å². The van der Waals surface area contributed by atoms with Crippen LogP contribution in [-0.2, 0) is 6.54 Å². The number of rotatable bonds is 5. The Labute approximate surface area is 103 Å². The molecule has 0 aliphatic carbocycles. The van der Waals surface area contributed by atoms with Gasteiger partial charge in [-0.25, -0.2) is 0 Å². The van der Waals surface area contributed by atoms with Crippen molar-refractivity contribution in [1.82, 2.24) is 9.88 Å². The second-order valence-corrected chi connectivity index (χ2v) is 4.32. The SMILES string of the molecule is CCN(C/C(N)=N/O)Cc1cncc(Br)c1. The molecular formula is C10H15BrN4O. The van der Waals surface area contributed by atoms with Crippen molar-refractivity contribution in [3.63, 3.8) is 0 Å². The highest BCUT2D eigenvalue weighted by Gasteiger charge is 2.06. The molecule has 0 amide bonds. The molecule has 0 aromatic carbocycles. The lowest BCUT2D eigenvalue weighted by Crippen LogP contribution is -2.33. The van der Waals surface area contributed by atoms with Gasteiger partial charge in [0, 0.05) is 23.4 Å². The zero-order valence-corrected chi connectivity index (χ0v) is 10.7. The van der Waals surface area contributed by atoms with Crippen LogP contribution in [-0.4, -0.2) is 34.0 Å². The molecule has 1 heterocycles. The molecule has 1 aromatic rings. The first-order valence-corrected chi connectivity index (χ1v) is 5.73. The van der Waals surface area contributed by atoms with Gasteiger partial charge in [0.15, 0.2) is 5.84 Å². The number of amidine groups is 1. The van der Waals surface area contributed by atoms with Gasteiger partial charge in [-0.05, 0) is 34.1 Å². The third-order valence-electron chi connectivity index (χ3n) is 2.13. The molecule has 0 unspecified atom stereocenters. The first kappa shape index (κ1) is 12.9. The molecule has 0 fully saturated rings. The van der Waals surface area contributed by atoms with Crippen molar-refractivity contribution in [3.8, 4) is 0 Å². The summed E-state index contributed by atoms with van der Waals surface area (Å²) in [5.41, 5.74) is 6.55. The molecule has 6 heteroatoms. The summed E-state index contributed by atoms with van der Waals surface area (Å²) in [5, 5.41) is 11.5. The normalized spacial score (nSPS) is 12.1. The third-order valence-corrected chi connectivity index (χ3v) is 2.56. The smallest absolute Gasteiger partial charge is 0.153 e. The van der Waals surface area contributed by atoms with E-state index in [1.165, 1.54) is 0 Å². The summed E-state index contributed by atoms with van der Waals surface area (Å²) in [6.07, 6.45) is 3.54. The van der Waals surface area contributed by atoms with Gasteiger partial charge < -0.3 is 10.9 Å². The Kier molecular flexibility index (Phi) is 5.21. The van der Waals surface area contributed by atoms with Crippen LogP contribution in [0, 0.1) is 0 Å². The zero-order valence-electron chi connectivity index (χ0n) is 9.10. The highest BCUT2D eigenvalue weighted by Crippen LogP contribution is 2.11. The van der Waals surface area contributed by atoms with E-state index >= 15 is 0 Å². The summed E-state index contributed by atoms with van der Waals surface area (Å²) in [6, 6.07) is 2.00. The summed E-state index contributed by atoms with van der Waals surface area (Å²) >= 11 is 3.37. The fraction of sp³-hybridized carbons (Fsp3) is 0.400. The quantitative estimate of drug-likeness (QED) is 0.371. The molecule has 88 valence electrons. The monoisotopic (exact) mass is 286 g/mol. The van der Waals surface area contributed by atoms with Crippen molar-refractivity contribution in [3.05, 3.63) is 28.5 Å². The average Bonchev–Trinajstić information content (AvgIpc) is 2.28. The standard InChI is InChI=1S/C10H15BrN4O/c1-2-15(7-10(12)14-16)6-8-3-9(11)5-13-4-8/h3-5,16H,2,6-7H2,1H3,(H2,12,14). The molecule has 0 spiro atoms. The molecule has 0 atom stereocenters. The van der Waals surface area contributed by atoms with E-state index in [2.05, 4.69) is 31.0 Å². The Morgan fingerprint density at radius 3 is 2.94 bits per heavy atom. The second-order valence-electron chi connectivity index (χ2n) is 3.41. The molecule has 0 radical (unpaired) electrons. The highest BCUT2D eigenvalue weighted by atomic mass is 79.9. The van der Waals surface area contributed by atoms with Crippen molar-refractivity contribution < 1.29 is 5.21 Å². The number of likely N-dealkylation sites (N-methyl/N-ethyl adjacent to an activating group) is 1. The second kappa shape index (κ2) is 6.44. The molecule has 0 saturated heterocycles. The minimum atomic E-state index is 0.213. The van der Waals surface area contributed by atoms with Crippen LogP contribution in [0.3, 0.4) is 0 Å². The van der Waals surface area contributed by atoms with Crippen LogP contribution in [0.2, 0.25) is 0 Å². The largest absolute Gasteiger partial charge is 0.409 e. The molecule has 0 saturated carbocycles. The molecule has 1 aromatic heterocycles. The van der Waals surface area contributed by atoms with Gasteiger partial charge in [0.1, 0.15) is 0 Å². The van der Waals surface area contributed by atoms with Crippen molar-refractivity contribution in [1.29, 1.82) is 0 Å². The Morgan fingerprint density at radius 2 is 2.38 bits per heavy atom. The molecular weight excluding hydrogens is 272 g/mol. The van der Waals surface area contributed by atoms with Gasteiger partial charge in [0.05, 0.1) is 6.54 Å². The van der Waals surface area contributed by atoms with Crippen molar-refractivity contribution in [2.45, 2.75) is 13.5 Å². The van der Waals surface area contributed by atoms with Crippen molar-refractivity contribution >= 4 is 21.8 Å². The number of pyridine rings is 1. The van der Waals surface area contributed by atoms with Gasteiger partial charge in [-0.2, -0.15) is 0 Å². The number of hydrogen-bond acceptors (Lipinski definition) is 4. The van der Waals surface area contributed by atoms with Crippen LogP contribution in [0.5, 0.6) is 0 Å². The molecule has 16 heavy (non-hydrogen) atoms. The fourth-order valence-corrected chi connectivity index (χ4v) is 1.75. The third kappa shape index (κ3) is 4.16. The Bertz CT molecular complexity index is 370. The lowest BCUT2D eigenvalue weighted by Gasteiger charge is -2.19. The van der Waals surface area contributed by atoms with Crippen LogP contribution in [0.4, 0.5) is 0 Å². The van der Waals surface area contributed by atoms with Gasteiger partial charge in [-0.1, -0.05) is 12.1 Å². The Balaban J connectivity index is 2.63. The molecule has 3 N–H and O–H groups in total. The van der Waals surface area contributed by atoms with Crippen molar-refractivity contribution in [2.75, 3.05) is 13.1 Å². The predicted octanol–water partition coefficient (Wildman–Crippen LogP) is 1.41. The van der Waals surface area contributed by atoms with Crippen LogP contribution >= 0.6 is 15.9 Å². The van der Waals surface area contributed by atoms with Crippen molar-refractivity contribution in [2.24, 2.45) is 10.9 Å². The minimum Gasteiger partial charge on any atom is -0.409 e. The Morgan fingerprint density at radius 1 is 1.62 bits per heavy atom. The van der Waals surface area contributed by atoms with Crippen LogP contribution in [0.25, 0.3) is 0 Å². The van der Waals surface area contributed by atoms with Gasteiger partial charge in [0.2, 0.25) is 0 Å². The van der Waals surface area contributed by atoms with Gasteiger partial charge in [0.25, 0.3) is 0 Å². The number of hydrogen-bond donors (Lipinski definition) is 2. The van der Waals surface area contributed by atoms with Crippen LogP contribution in [0.1, 0.15) is 12.5 Å². The number of oxime groups is 1. The van der Waals surface area contributed by atoms with Crippen LogP contribution < -0.4 is 5.73 Å². The van der Waals surface area contributed by atoms with E-state index in [0.29, 0.717) is 6.54 Å². The first-order chi connectivity index (χ1) is 7.65. The summed E-state index contributed by atoms with van der Waals surface area (Å²) in [5.74, 6) is 0.213. The van der Waals surface area contributed by atoms with E-state index in [9.17, 15) is 0 Å². The zero-order chi connectivity index (χ0) is 12.0. The van der Waals surface area contributed by atoms with E-state index in [1.807, 2.05) is 13.0 Å². The molecule has 5 nitrogen and oxygen atoms in total. The lowest BCUT2D eigenvalue weighted by atomic mass is 10.2. The Hall–Kier alpha value is -1.14. The maximum atomic E-state index is 8.51. The van der Waals surface area contributed by atoms with E-state index in [1.54, 1.807) is 12.4 Å². The van der Waals surface area contributed by atoms with E-state index in [0.717, 1.165) is 23.1 Å². The molecule has 0 aliphatic rings.